The first kappa shape index (κ1) is 28.7. The zero-order valence-corrected chi connectivity index (χ0v) is 21.7. The van der Waals surface area contributed by atoms with Gasteiger partial charge in [-0.25, -0.2) is 14.6 Å². The summed E-state index contributed by atoms with van der Waals surface area (Å²) in [4.78, 5) is 53.8. The van der Waals surface area contributed by atoms with Crippen molar-refractivity contribution in [2.45, 2.75) is 77.4 Å². The fourth-order valence-electron chi connectivity index (χ4n) is 3.82. The number of rotatable bonds is 13. The molecule has 9 heteroatoms. The average Bonchev–Trinajstić information content (AvgIpc) is 2.84. The highest BCUT2D eigenvalue weighted by atomic mass is 16.6. The first-order valence-electron chi connectivity index (χ1n) is 12.1. The Morgan fingerprint density at radius 2 is 1.81 bits per heavy atom. The number of nitrogens with one attached hydrogen (secondary N) is 1. The molecule has 1 aromatic heterocycles. The average molecular weight is 501 g/mol. The molecule has 196 valence electrons. The number of nitrogens with zero attached hydrogens (tertiary/aromatic N) is 1. The Balaban J connectivity index is 2.56. The number of para-hydroxylation sites is 1. The Labute approximate surface area is 211 Å². The highest BCUT2D eigenvalue weighted by Gasteiger charge is 2.46. The third-order valence-corrected chi connectivity index (χ3v) is 5.58. The van der Waals surface area contributed by atoms with Gasteiger partial charge in [-0.3, -0.25) is 14.9 Å². The van der Waals surface area contributed by atoms with Crippen LogP contribution in [-0.2, 0) is 29.4 Å². The van der Waals surface area contributed by atoms with Crippen molar-refractivity contribution in [3.63, 3.8) is 0 Å². The largest absolute Gasteiger partial charge is 0.496 e. The number of alkyl carbamates (subject to hydrolysis) is 1. The SMILES string of the molecule is CCC(=O)CCCCC[C@@](NC(=O)OC(C)(C)C)(C(=O)OCC=O)c1cc(OC)c2ccccc2n1. The van der Waals surface area contributed by atoms with E-state index in [0.29, 0.717) is 49.7 Å². The van der Waals surface area contributed by atoms with Crippen molar-refractivity contribution >= 4 is 35.0 Å². The summed E-state index contributed by atoms with van der Waals surface area (Å²) in [6, 6.07) is 8.84. The number of carbonyl (C=O) groups is 4. The molecule has 0 spiro atoms. The zero-order chi connectivity index (χ0) is 26.8. The molecule has 1 N–H and O–H groups in total. The van der Waals surface area contributed by atoms with Crippen molar-refractivity contribution < 1.29 is 33.4 Å². The third-order valence-electron chi connectivity index (χ3n) is 5.58. The van der Waals surface area contributed by atoms with Crippen LogP contribution in [-0.4, -0.2) is 48.4 Å². The van der Waals surface area contributed by atoms with Crippen molar-refractivity contribution in [3.05, 3.63) is 36.0 Å². The standard InChI is InChI=1S/C27H36N2O7/c1-6-19(31)12-8-7-11-15-27(24(32)35-17-16-30,29-25(33)36-26(2,3)4)23-18-22(34-5)20-13-9-10-14-21(20)28-23/h9-10,13-14,16,18H,6-8,11-12,15,17H2,1-5H3,(H,29,33)/t27-/m0/s1. The number of amides is 1. The summed E-state index contributed by atoms with van der Waals surface area (Å²) in [5, 5.41) is 3.43. The van der Waals surface area contributed by atoms with Crippen LogP contribution in [0.1, 0.15) is 71.9 Å². The van der Waals surface area contributed by atoms with Crippen LogP contribution in [0.5, 0.6) is 5.75 Å². The molecule has 2 aromatic rings. The van der Waals surface area contributed by atoms with Crippen LogP contribution in [0, 0.1) is 0 Å². The van der Waals surface area contributed by atoms with Gasteiger partial charge in [0.15, 0.2) is 11.8 Å². The first-order chi connectivity index (χ1) is 17.1. The smallest absolute Gasteiger partial charge is 0.408 e. The highest BCUT2D eigenvalue weighted by molar-refractivity contribution is 5.90. The van der Waals surface area contributed by atoms with Gasteiger partial charge in [0.25, 0.3) is 0 Å². The number of aldehydes is 1. The maximum absolute atomic E-state index is 13.5. The number of ketones is 1. The predicted octanol–water partition coefficient (Wildman–Crippen LogP) is 4.64. The second-order valence-corrected chi connectivity index (χ2v) is 9.48. The second kappa shape index (κ2) is 13.0. The molecule has 0 saturated heterocycles. The monoisotopic (exact) mass is 500 g/mol. The van der Waals surface area contributed by atoms with Gasteiger partial charge < -0.3 is 14.2 Å². The number of fused-ring (bicyclic) bond motifs is 1. The number of carbonyl (C=O) groups excluding carboxylic acids is 4. The topological polar surface area (TPSA) is 121 Å². The van der Waals surface area contributed by atoms with Crippen molar-refractivity contribution in [2.75, 3.05) is 13.7 Å². The van der Waals surface area contributed by atoms with Crippen LogP contribution >= 0.6 is 0 Å². The Bertz CT molecular complexity index is 1080. The van der Waals surface area contributed by atoms with Crippen LogP contribution in [0.2, 0.25) is 0 Å². The van der Waals surface area contributed by atoms with Crippen LogP contribution in [0.25, 0.3) is 10.9 Å². The summed E-state index contributed by atoms with van der Waals surface area (Å²) in [6.45, 7) is 6.47. The number of benzene rings is 1. The Kier molecular flexibility index (Phi) is 10.4. The minimum absolute atomic E-state index is 0.110. The van der Waals surface area contributed by atoms with Gasteiger partial charge in [0.05, 0.1) is 18.3 Å². The Morgan fingerprint density at radius 3 is 2.44 bits per heavy atom. The number of hydrogen-bond acceptors (Lipinski definition) is 8. The molecule has 36 heavy (non-hydrogen) atoms. The number of pyridine rings is 1. The molecular formula is C27H36N2O7. The lowest BCUT2D eigenvalue weighted by Gasteiger charge is -2.33. The summed E-state index contributed by atoms with van der Waals surface area (Å²) in [6.07, 6.45) is 2.41. The number of esters is 1. The van der Waals surface area contributed by atoms with Crippen LogP contribution < -0.4 is 10.1 Å². The molecular weight excluding hydrogens is 464 g/mol. The first-order valence-corrected chi connectivity index (χ1v) is 12.1. The van der Waals surface area contributed by atoms with E-state index in [9.17, 15) is 19.2 Å². The van der Waals surface area contributed by atoms with Gasteiger partial charge in [0.1, 0.15) is 23.7 Å². The minimum atomic E-state index is -1.75. The lowest BCUT2D eigenvalue weighted by Crippen LogP contribution is -2.54. The van der Waals surface area contributed by atoms with Crippen LogP contribution in [0.4, 0.5) is 4.79 Å². The molecule has 0 bridgehead atoms. The van der Waals surface area contributed by atoms with E-state index in [1.807, 2.05) is 19.1 Å². The predicted molar refractivity (Wildman–Crippen MR) is 135 cm³/mol. The van der Waals surface area contributed by atoms with E-state index in [1.54, 1.807) is 39.0 Å². The van der Waals surface area contributed by atoms with E-state index < -0.39 is 29.8 Å². The fourth-order valence-corrected chi connectivity index (χ4v) is 3.82. The maximum atomic E-state index is 13.5. The number of Topliss-reactive ketones (excluding diaryl/α,β-unsaturated/α-hetero) is 1. The summed E-state index contributed by atoms with van der Waals surface area (Å²) >= 11 is 0. The summed E-state index contributed by atoms with van der Waals surface area (Å²) < 4.78 is 16.2. The molecule has 0 fully saturated rings. The van der Waals surface area contributed by atoms with E-state index in [0.717, 1.165) is 5.39 Å². The Hall–Kier alpha value is -3.49. The van der Waals surface area contributed by atoms with Gasteiger partial charge in [-0.1, -0.05) is 31.9 Å². The van der Waals surface area contributed by atoms with Gasteiger partial charge in [0.2, 0.25) is 0 Å². The molecule has 1 aromatic carbocycles. The molecule has 1 atom stereocenters. The summed E-state index contributed by atoms with van der Waals surface area (Å²) in [5.41, 5.74) is -1.82. The molecule has 0 unspecified atom stereocenters. The molecule has 0 radical (unpaired) electrons. The lowest BCUT2D eigenvalue weighted by molar-refractivity contribution is -0.154. The van der Waals surface area contributed by atoms with Crippen molar-refractivity contribution in [1.29, 1.82) is 0 Å². The minimum Gasteiger partial charge on any atom is -0.496 e. The normalized spacial score (nSPS) is 12.9. The van der Waals surface area contributed by atoms with E-state index >= 15 is 0 Å². The van der Waals surface area contributed by atoms with Gasteiger partial charge in [-0.05, 0) is 45.7 Å². The lowest BCUT2D eigenvalue weighted by atomic mass is 9.87. The number of ether oxygens (including phenoxy) is 3. The van der Waals surface area contributed by atoms with Crippen molar-refractivity contribution in [2.24, 2.45) is 0 Å². The third kappa shape index (κ3) is 7.76. The molecule has 0 aliphatic heterocycles. The van der Waals surface area contributed by atoms with Gasteiger partial charge in [-0.15, -0.1) is 0 Å². The molecule has 1 heterocycles. The quantitative estimate of drug-likeness (QED) is 0.240. The van der Waals surface area contributed by atoms with E-state index in [4.69, 9.17) is 14.2 Å². The number of hydrogen-bond donors (Lipinski definition) is 1. The number of unbranched alkanes of at least 4 members (excludes halogenated alkanes) is 2. The van der Waals surface area contributed by atoms with E-state index in [1.165, 1.54) is 7.11 Å². The van der Waals surface area contributed by atoms with E-state index in [2.05, 4.69) is 10.3 Å². The Morgan fingerprint density at radius 1 is 1.08 bits per heavy atom. The van der Waals surface area contributed by atoms with Crippen molar-refractivity contribution in [1.82, 2.24) is 10.3 Å². The second-order valence-electron chi connectivity index (χ2n) is 9.48. The number of methoxy groups -OCH3 is 1. The van der Waals surface area contributed by atoms with Crippen LogP contribution in [0.15, 0.2) is 30.3 Å². The van der Waals surface area contributed by atoms with E-state index in [-0.39, 0.29) is 17.9 Å². The van der Waals surface area contributed by atoms with Gasteiger partial charge in [-0.2, -0.15) is 0 Å². The summed E-state index contributed by atoms with van der Waals surface area (Å²) in [5.74, 6) is -0.211. The van der Waals surface area contributed by atoms with Crippen LogP contribution in [0.3, 0.4) is 0 Å². The van der Waals surface area contributed by atoms with Gasteiger partial charge >= 0.3 is 12.1 Å². The van der Waals surface area contributed by atoms with Gasteiger partial charge in [0, 0.05) is 24.3 Å². The highest BCUT2D eigenvalue weighted by Crippen LogP contribution is 2.34. The maximum Gasteiger partial charge on any atom is 0.408 e. The molecule has 0 aliphatic rings. The molecule has 0 saturated carbocycles. The summed E-state index contributed by atoms with van der Waals surface area (Å²) in [7, 11) is 1.50. The molecule has 2 rings (SSSR count). The molecule has 0 aliphatic carbocycles. The number of aromatic nitrogens is 1. The molecule has 9 nitrogen and oxygen atoms in total. The fraction of sp³-hybridized carbons (Fsp3) is 0.519. The zero-order valence-electron chi connectivity index (χ0n) is 21.7. The molecule has 1 amide bonds. The van der Waals surface area contributed by atoms with Crippen molar-refractivity contribution in [3.8, 4) is 5.75 Å².